The molecule has 3 heterocycles. The molecule has 0 radical (unpaired) electrons. The maximum atomic E-state index is 13.1. The summed E-state index contributed by atoms with van der Waals surface area (Å²) in [5.41, 5.74) is 1.80. The second-order valence-electron chi connectivity index (χ2n) is 6.71. The molecule has 1 fully saturated rings. The van der Waals surface area contributed by atoms with Crippen molar-refractivity contribution in [2.75, 3.05) is 6.54 Å². The number of hydrogen-bond acceptors (Lipinski definition) is 4. The van der Waals surface area contributed by atoms with Crippen LogP contribution >= 0.6 is 11.3 Å². The van der Waals surface area contributed by atoms with E-state index in [1.54, 1.807) is 12.1 Å². The normalized spacial score (nSPS) is 17.1. The molecule has 0 spiro atoms. The number of aryl methyl sites for hydroxylation is 1. The largest absolute Gasteiger partial charge is 0.354 e. The number of halogens is 1. The van der Waals surface area contributed by atoms with Gasteiger partial charge < -0.3 is 10.6 Å². The Morgan fingerprint density at radius 3 is 2.89 bits per heavy atom. The summed E-state index contributed by atoms with van der Waals surface area (Å²) in [6.45, 7) is 2.89. The minimum Gasteiger partial charge on any atom is -0.354 e. The van der Waals surface area contributed by atoms with E-state index >= 15 is 0 Å². The summed E-state index contributed by atoms with van der Waals surface area (Å²) < 4.78 is 14.9. The molecule has 0 bridgehead atoms. The zero-order chi connectivity index (χ0) is 19.0. The van der Waals surface area contributed by atoms with Crippen molar-refractivity contribution >= 4 is 33.4 Å². The van der Waals surface area contributed by atoms with Gasteiger partial charge in [-0.15, -0.1) is 11.3 Å². The topological polar surface area (TPSA) is 76.0 Å². The fraction of sp³-hybridized carbons (Fsp3) is 0.316. The van der Waals surface area contributed by atoms with Crippen LogP contribution in [0.5, 0.6) is 0 Å². The van der Waals surface area contributed by atoms with Gasteiger partial charge in [-0.1, -0.05) is 12.1 Å². The van der Waals surface area contributed by atoms with Crippen LogP contribution < -0.4 is 10.6 Å². The molecule has 27 heavy (non-hydrogen) atoms. The van der Waals surface area contributed by atoms with Crippen molar-refractivity contribution < 1.29 is 14.0 Å². The van der Waals surface area contributed by atoms with E-state index in [0.717, 1.165) is 21.5 Å². The van der Waals surface area contributed by atoms with E-state index in [2.05, 4.69) is 15.7 Å². The Kier molecular flexibility index (Phi) is 4.65. The molecule has 4 rings (SSSR count). The van der Waals surface area contributed by atoms with Gasteiger partial charge in [0.1, 0.15) is 10.6 Å². The molecule has 1 aromatic carbocycles. The van der Waals surface area contributed by atoms with Gasteiger partial charge in [0.25, 0.3) is 5.91 Å². The van der Waals surface area contributed by atoms with E-state index in [4.69, 9.17) is 0 Å². The first kappa shape index (κ1) is 17.7. The number of hydrogen-bond donors (Lipinski definition) is 2. The van der Waals surface area contributed by atoms with Crippen LogP contribution in [0.3, 0.4) is 0 Å². The molecule has 8 heteroatoms. The Bertz CT molecular complexity index is 999. The summed E-state index contributed by atoms with van der Waals surface area (Å²) in [6, 6.07) is 8.14. The zero-order valence-corrected chi connectivity index (χ0v) is 15.6. The SMILES string of the molecule is Cc1nn(Cc2ccc(F)cc2)c2sc(C(=O)NC3CCC(=O)NC3)cc12. The molecule has 1 unspecified atom stereocenters. The maximum absolute atomic E-state index is 13.1. The fourth-order valence-corrected chi connectivity index (χ4v) is 4.27. The summed E-state index contributed by atoms with van der Waals surface area (Å²) in [4.78, 5) is 25.4. The monoisotopic (exact) mass is 386 g/mol. The minimum atomic E-state index is -0.269. The molecule has 6 nitrogen and oxygen atoms in total. The van der Waals surface area contributed by atoms with E-state index in [-0.39, 0.29) is 23.7 Å². The Hall–Kier alpha value is -2.74. The van der Waals surface area contributed by atoms with Crippen molar-refractivity contribution in [2.45, 2.75) is 32.4 Å². The van der Waals surface area contributed by atoms with Crippen molar-refractivity contribution in [2.24, 2.45) is 0 Å². The molecule has 1 aliphatic heterocycles. The molecule has 0 saturated carbocycles. The minimum absolute atomic E-state index is 0.0267. The summed E-state index contributed by atoms with van der Waals surface area (Å²) >= 11 is 1.39. The third-order valence-electron chi connectivity index (χ3n) is 4.68. The lowest BCUT2D eigenvalue weighted by Crippen LogP contribution is -2.47. The van der Waals surface area contributed by atoms with Crippen molar-refractivity contribution in [3.8, 4) is 0 Å². The number of carbonyl (C=O) groups is 2. The molecular formula is C19H19FN4O2S. The predicted molar refractivity (Wildman–Crippen MR) is 101 cm³/mol. The highest BCUT2D eigenvalue weighted by Crippen LogP contribution is 2.29. The highest BCUT2D eigenvalue weighted by molar-refractivity contribution is 7.20. The van der Waals surface area contributed by atoms with Gasteiger partial charge in [0.05, 0.1) is 17.1 Å². The molecule has 1 atom stereocenters. The number of aromatic nitrogens is 2. The molecule has 0 aliphatic carbocycles. The van der Waals surface area contributed by atoms with E-state index in [0.29, 0.717) is 30.8 Å². The quantitative estimate of drug-likeness (QED) is 0.724. The fourth-order valence-electron chi connectivity index (χ4n) is 3.21. The number of rotatable bonds is 4. The average molecular weight is 386 g/mol. The van der Waals surface area contributed by atoms with E-state index < -0.39 is 0 Å². The first-order valence-electron chi connectivity index (χ1n) is 8.78. The van der Waals surface area contributed by atoms with Crippen molar-refractivity contribution in [1.82, 2.24) is 20.4 Å². The highest BCUT2D eigenvalue weighted by Gasteiger charge is 2.22. The van der Waals surface area contributed by atoms with Crippen LogP contribution in [0, 0.1) is 12.7 Å². The van der Waals surface area contributed by atoms with Gasteiger partial charge in [-0.05, 0) is 37.1 Å². The van der Waals surface area contributed by atoms with Crippen LogP contribution in [-0.4, -0.2) is 34.2 Å². The number of amides is 2. The summed E-state index contributed by atoms with van der Waals surface area (Å²) in [5, 5.41) is 11.3. The molecule has 3 aromatic rings. The van der Waals surface area contributed by atoms with Gasteiger partial charge in [-0.25, -0.2) is 4.39 Å². The Morgan fingerprint density at radius 1 is 1.41 bits per heavy atom. The molecule has 2 amide bonds. The van der Waals surface area contributed by atoms with Gasteiger partial charge in [0.2, 0.25) is 5.91 Å². The smallest absolute Gasteiger partial charge is 0.261 e. The Balaban J connectivity index is 1.54. The number of nitrogens with zero attached hydrogens (tertiary/aromatic N) is 2. The standard InChI is InChI=1S/C19H19FN4O2S/c1-11-15-8-16(18(26)22-14-6-7-17(25)21-9-14)27-19(15)24(23-11)10-12-2-4-13(20)5-3-12/h2-5,8,14H,6-7,9-10H2,1H3,(H,21,25)(H,22,26). The second-order valence-corrected chi connectivity index (χ2v) is 7.74. The zero-order valence-electron chi connectivity index (χ0n) is 14.8. The average Bonchev–Trinajstić information content (AvgIpc) is 3.21. The van der Waals surface area contributed by atoms with Gasteiger partial charge in [0, 0.05) is 24.4 Å². The van der Waals surface area contributed by atoms with E-state index in [1.165, 1.54) is 23.5 Å². The summed E-state index contributed by atoms with van der Waals surface area (Å²) in [5.74, 6) is -0.376. The molecule has 1 aliphatic rings. The lowest BCUT2D eigenvalue weighted by atomic mass is 10.1. The number of nitrogens with one attached hydrogen (secondary N) is 2. The number of piperidine rings is 1. The summed E-state index contributed by atoms with van der Waals surface area (Å²) in [6.07, 6.45) is 1.09. The van der Waals surface area contributed by atoms with Crippen molar-refractivity contribution in [1.29, 1.82) is 0 Å². The molecule has 140 valence electrons. The Morgan fingerprint density at radius 2 is 2.19 bits per heavy atom. The third-order valence-corrected chi connectivity index (χ3v) is 5.82. The highest BCUT2D eigenvalue weighted by atomic mass is 32.1. The van der Waals surface area contributed by atoms with Gasteiger partial charge >= 0.3 is 0 Å². The maximum Gasteiger partial charge on any atom is 0.261 e. The lowest BCUT2D eigenvalue weighted by molar-refractivity contribution is -0.122. The number of benzene rings is 1. The van der Waals surface area contributed by atoms with Crippen LogP contribution in [0.4, 0.5) is 4.39 Å². The predicted octanol–water partition coefficient (Wildman–Crippen LogP) is 2.60. The van der Waals surface area contributed by atoms with Crippen LogP contribution in [-0.2, 0) is 11.3 Å². The molecule has 1 saturated heterocycles. The first-order valence-corrected chi connectivity index (χ1v) is 9.60. The number of fused-ring (bicyclic) bond motifs is 1. The number of thiophene rings is 1. The van der Waals surface area contributed by atoms with Crippen LogP contribution in [0.1, 0.15) is 33.8 Å². The van der Waals surface area contributed by atoms with Gasteiger partial charge in [-0.3, -0.25) is 14.3 Å². The van der Waals surface area contributed by atoms with Crippen LogP contribution in [0.2, 0.25) is 0 Å². The van der Waals surface area contributed by atoms with Crippen LogP contribution in [0.15, 0.2) is 30.3 Å². The third kappa shape index (κ3) is 3.71. The number of carbonyl (C=O) groups excluding carboxylic acids is 2. The lowest BCUT2D eigenvalue weighted by Gasteiger charge is -2.23. The molecular weight excluding hydrogens is 367 g/mol. The molecule has 2 N–H and O–H groups in total. The Labute approximate surface area is 159 Å². The second kappa shape index (κ2) is 7.11. The first-order chi connectivity index (χ1) is 13.0. The molecule has 2 aromatic heterocycles. The van der Waals surface area contributed by atoms with Crippen LogP contribution in [0.25, 0.3) is 10.2 Å². The van der Waals surface area contributed by atoms with Crippen molar-refractivity contribution in [3.63, 3.8) is 0 Å². The van der Waals surface area contributed by atoms with Gasteiger partial charge in [0.15, 0.2) is 0 Å². The van der Waals surface area contributed by atoms with Crippen molar-refractivity contribution in [3.05, 3.63) is 52.3 Å². The van der Waals surface area contributed by atoms with Gasteiger partial charge in [-0.2, -0.15) is 5.10 Å². The van der Waals surface area contributed by atoms with E-state index in [1.807, 2.05) is 17.7 Å². The van der Waals surface area contributed by atoms with E-state index in [9.17, 15) is 14.0 Å². The summed E-state index contributed by atoms with van der Waals surface area (Å²) in [7, 11) is 0.